The first-order valence-corrected chi connectivity index (χ1v) is 19.5. The minimum Gasteiger partial charge on any atom is -0.456 e. The molecule has 0 N–H and O–H groups in total. The molecule has 9 aromatic carbocycles. The summed E-state index contributed by atoms with van der Waals surface area (Å²) in [5, 5.41) is 12.7. The molecule has 0 bridgehead atoms. The molecule has 0 aliphatic heterocycles. The molecule has 1 heteroatoms. The van der Waals surface area contributed by atoms with Gasteiger partial charge in [-0.05, 0) is 195 Å². The van der Waals surface area contributed by atoms with Crippen LogP contribution in [0.5, 0.6) is 0 Å². The molecule has 55 heavy (non-hydrogen) atoms. The second-order valence-corrected chi connectivity index (χ2v) is 15.8. The predicted octanol–water partition coefficient (Wildman–Crippen LogP) is 15.7. The van der Waals surface area contributed by atoms with Gasteiger partial charge >= 0.3 is 0 Å². The molecule has 0 aliphatic rings. The second-order valence-electron chi connectivity index (χ2n) is 15.8. The van der Waals surface area contributed by atoms with Crippen molar-refractivity contribution in [3.05, 3.63) is 166 Å². The number of hydrogen-bond donors (Lipinski definition) is 0. The highest BCUT2D eigenvalue weighted by Crippen LogP contribution is 2.53. The number of fused-ring (bicyclic) bond motifs is 7. The Morgan fingerprint density at radius 1 is 0.309 bits per heavy atom. The van der Waals surface area contributed by atoms with E-state index in [4.69, 9.17) is 4.42 Å². The molecular weight excluding hydrogens is 665 g/mol. The standard InChI is InChI=1S/C54H44O/c1-29-31(3)35(7)50-48(33(29)5)53(43-26-25-40(37-17-10-9-11-18-37)41-21-14-15-22-42(41)43)49-34(6)30(2)32(4)36(8)51(49)54(50)44-23-16-24-46-52(44)45-27-38-19-12-13-20-39(38)28-47(45)55-46/h9-28H,1-8H3. The Balaban J connectivity index is 1.47. The quantitative estimate of drug-likeness (QED) is 0.167. The van der Waals surface area contributed by atoms with Gasteiger partial charge in [0.25, 0.3) is 0 Å². The summed E-state index contributed by atoms with van der Waals surface area (Å²) >= 11 is 0. The van der Waals surface area contributed by atoms with Crippen LogP contribution in [-0.4, -0.2) is 0 Å². The SMILES string of the molecule is Cc1c(C)c(C)c2c(-c3cccc4oc5cc6ccccc6cc5c34)c3c(C)c(C)c(C)c(C)c3c(-c3ccc(-c4ccccc4)c4ccccc34)c2c1C. The molecule has 1 heterocycles. The molecule has 0 aliphatic carbocycles. The third kappa shape index (κ3) is 4.66. The van der Waals surface area contributed by atoms with E-state index >= 15 is 0 Å². The van der Waals surface area contributed by atoms with Crippen molar-refractivity contribution in [2.45, 2.75) is 55.4 Å². The maximum atomic E-state index is 6.73. The molecule has 0 saturated heterocycles. The molecule has 0 radical (unpaired) electrons. The molecule has 1 aromatic heterocycles. The van der Waals surface area contributed by atoms with Crippen LogP contribution in [0.25, 0.3) is 98.4 Å². The van der Waals surface area contributed by atoms with E-state index in [1.807, 2.05) is 0 Å². The summed E-state index contributed by atoms with van der Waals surface area (Å²) in [7, 11) is 0. The minimum absolute atomic E-state index is 0.923. The van der Waals surface area contributed by atoms with Gasteiger partial charge in [-0.25, -0.2) is 0 Å². The van der Waals surface area contributed by atoms with Crippen molar-refractivity contribution in [3.63, 3.8) is 0 Å². The van der Waals surface area contributed by atoms with Crippen LogP contribution in [0.1, 0.15) is 44.5 Å². The van der Waals surface area contributed by atoms with Gasteiger partial charge in [-0.2, -0.15) is 0 Å². The topological polar surface area (TPSA) is 13.1 Å². The van der Waals surface area contributed by atoms with Crippen LogP contribution in [0.4, 0.5) is 0 Å². The molecule has 0 amide bonds. The zero-order valence-corrected chi connectivity index (χ0v) is 33.0. The van der Waals surface area contributed by atoms with Crippen molar-refractivity contribution in [1.82, 2.24) is 0 Å². The van der Waals surface area contributed by atoms with Crippen LogP contribution in [0.15, 0.2) is 126 Å². The summed E-state index contributed by atoms with van der Waals surface area (Å²) in [6, 6.07) is 44.4. The number of rotatable bonds is 3. The van der Waals surface area contributed by atoms with Gasteiger partial charge in [0, 0.05) is 10.8 Å². The van der Waals surface area contributed by atoms with Gasteiger partial charge in [0.05, 0.1) is 0 Å². The molecule has 0 spiro atoms. The van der Waals surface area contributed by atoms with E-state index in [-0.39, 0.29) is 0 Å². The van der Waals surface area contributed by atoms with Crippen LogP contribution < -0.4 is 0 Å². The third-order valence-corrected chi connectivity index (χ3v) is 13.3. The van der Waals surface area contributed by atoms with Crippen molar-refractivity contribution >= 4 is 65.0 Å². The Morgan fingerprint density at radius 3 is 1.36 bits per heavy atom. The number of benzene rings is 9. The fourth-order valence-corrected chi connectivity index (χ4v) is 9.77. The number of hydrogen-bond acceptors (Lipinski definition) is 1. The maximum Gasteiger partial charge on any atom is 0.136 e. The monoisotopic (exact) mass is 708 g/mol. The summed E-state index contributed by atoms with van der Waals surface area (Å²) in [4.78, 5) is 0. The first kappa shape index (κ1) is 33.4. The highest BCUT2D eigenvalue weighted by Gasteiger charge is 2.28. The lowest BCUT2D eigenvalue weighted by atomic mass is 9.75. The van der Waals surface area contributed by atoms with E-state index in [9.17, 15) is 0 Å². The van der Waals surface area contributed by atoms with Gasteiger partial charge in [-0.15, -0.1) is 0 Å². The maximum absolute atomic E-state index is 6.73. The zero-order valence-electron chi connectivity index (χ0n) is 33.0. The van der Waals surface area contributed by atoms with E-state index < -0.39 is 0 Å². The van der Waals surface area contributed by atoms with E-state index in [0.29, 0.717) is 0 Å². The Morgan fingerprint density at radius 2 is 0.782 bits per heavy atom. The average Bonchev–Trinajstić information content (AvgIpc) is 3.59. The summed E-state index contributed by atoms with van der Waals surface area (Å²) in [6.07, 6.45) is 0. The van der Waals surface area contributed by atoms with E-state index in [0.717, 1.165) is 16.6 Å². The van der Waals surface area contributed by atoms with Crippen LogP contribution in [0.3, 0.4) is 0 Å². The smallest absolute Gasteiger partial charge is 0.136 e. The molecule has 0 unspecified atom stereocenters. The first-order chi connectivity index (χ1) is 26.7. The van der Waals surface area contributed by atoms with Gasteiger partial charge in [-0.3, -0.25) is 0 Å². The molecule has 0 fully saturated rings. The summed E-state index contributed by atoms with van der Waals surface area (Å²) in [5.41, 5.74) is 20.3. The van der Waals surface area contributed by atoms with Crippen LogP contribution >= 0.6 is 0 Å². The van der Waals surface area contributed by atoms with Crippen molar-refractivity contribution in [3.8, 4) is 33.4 Å². The second kappa shape index (κ2) is 12.2. The zero-order chi connectivity index (χ0) is 37.9. The number of furan rings is 1. The lowest BCUT2D eigenvalue weighted by Crippen LogP contribution is -2.04. The first-order valence-electron chi connectivity index (χ1n) is 19.5. The molecular formula is C54H44O. The lowest BCUT2D eigenvalue weighted by molar-refractivity contribution is 0.669. The fraction of sp³-hybridized carbons (Fsp3) is 0.148. The predicted molar refractivity (Wildman–Crippen MR) is 238 cm³/mol. The van der Waals surface area contributed by atoms with Crippen LogP contribution in [-0.2, 0) is 0 Å². The van der Waals surface area contributed by atoms with E-state index in [2.05, 4.69) is 177 Å². The summed E-state index contributed by atoms with van der Waals surface area (Å²) in [5.74, 6) is 0. The molecule has 266 valence electrons. The van der Waals surface area contributed by atoms with Gasteiger partial charge in [0.2, 0.25) is 0 Å². The van der Waals surface area contributed by atoms with Crippen LogP contribution in [0.2, 0.25) is 0 Å². The molecule has 10 aromatic rings. The normalized spacial score (nSPS) is 12.0. The average molecular weight is 709 g/mol. The van der Waals surface area contributed by atoms with E-state index in [1.54, 1.807) is 0 Å². The van der Waals surface area contributed by atoms with Gasteiger partial charge in [-0.1, -0.05) is 103 Å². The van der Waals surface area contributed by atoms with Crippen molar-refractivity contribution in [2.24, 2.45) is 0 Å². The van der Waals surface area contributed by atoms with Gasteiger partial charge in [0.1, 0.15) is 11.2 Å². The van der Waals surface area contributed by atoms with Crippen molar-refractivity contribution < 1.29 is 4.42 Å². The summed E-state index contributed by atoms with van der Waals surface area (Å²) in [6.45, 7) is 18.7. The van der Waals surface area contributed by atoms with Crippen molar-refractivity contribution in [1.29, 1.82) is 0 Å². The highest BCUT2D eigenvalue weighted by molar-refractivity contribution is 6.30. The Labute approximate surface area is 322 Å². The Hall–Kier alpha value is -6.18. The van der Waals surface area contributed by atoms with Crippen molar-refractivity contribution in [2.75, 3.05) is 0 Å². The highest BCUT2D eigenvalue weighted by atomic mass is 16.3. The van der Waals surface area contributed by atoms with Gasteiger partial charge < -0.3 is 4.42 Å². The Kier molecular flexibility index (Phi) is 7.39. The fourth-order valence-electron chi connectivity index (χ4n) is 9.77. The molecule has 10 rings (SSSR count). The largest absolute Gasteiger partial charge is 0.456 e. The van der Waals surface area contributed by atoms with Crippen LogP contribution in [0, 0.1) is 55.4 Å². The Bertz CT molecular complexity index is 3180. The summed E-state index contributed by atoms with van der Waals surface area (Å²) < 4.78 is 6.73. The van der Waals surface area contributed by atoms with Gasteiger partial charge in [0.15, 0.2) is 0 Å². The lowest BCUT2D eigenvalue weighted by Gasteiger charge is -2.28. The number of aryl methyl sites for hydroxylation is 4. The third-order valence-electron chi connectivity index (χ3n) is 13.3. The van der Waals surface area contributed by atoms with E-state index in [1.165, 1.54) is 126 Å². The minimum atomic E-state index is 0.923. The molecule has 0 saturated carbocycles. The molecule has 1 nitrogen and oxygen atoms in total. The molecule has 0 atom stereocenters.